The Bertz CT molecular complexity index is 817. The van der Waals surface area contributed by atoms with E-state index in [9.17, 15) is 0 Å². The topological polar surface area (TPSA) is 51.4 Å². The molecule has 3 rings (SSSR count). The molecule has 0 bridgehead atoms. The maximum atomic E-state index is 5.86. The second-order valence-electron chi connectivity index (χ2n) is 5.55. The van der Waals surface area contributed by atoms with Crippen LogP contribution in [0.25, 0.3) is 22.8 Å². The van der Waals surface area contributed by atoms with Gasteiger partial charge in [0.25, 0.3) is 5.89 Å². The molecular formula is C18H18BrN3O2. The third-order valence-corrected chi connectivity index (χ3v) is 4.15. The van der Waals surface area contributed by atoms with Gasteiger partial charge < -0.3 is 14.2 Å². The van der Waals surface area contributed by atoms with E-state index in [0.29, 0.717) is 18.3 Å². The number of para-hydroxylation sites is 1. The second-order valence-corrected chi connectivity index (χ2v) is 6.41. The first kappa shape index (κ1) is 16.7. The number of hydrogen-bond donors (Lipinski definition) is 0. The molecule has 0 saturated carbocycles. The van der Waals surface area contributed by atoms with E-state index in [1.54, 1.807) is 0 Å². The summed E-state index contributed by atoms with van der Waals surface area (Å²) in [7, 11) is 4.02. The Kier molecular flexibility index (Phi) is 5.27. The molecule has 0 aliphatic heterocycles. The van der Waals surface area contributed by atoms with Gasteiger partial charge in [-0.2, -0.15) is 4.98 Å². The smallest absolute Gasteiger partial charge is 0.262 e. The van der Waals surface area contributed by atoms with Crippen molar-refractivity contribution in [3.05, 3.63) is 53.0 Å². The van der Waals surface area contributed by atoms with Gasteiger partial charge in [0.15, 0.2) is 0 Å². The van der Waals surface area contributed by atoms with Gasteiger partial charge in [0.1, 0.15) is 12.4 Å². The number of likely N-dealkylation sites (N-methyl/N-ethyl adjacent to an activating group) is 1. The summed E-state index contributed by atoms with van der Waals surface area (Å²) in [5.41, 5.74) is 1.68. The molecule has 0 aliphatic rings. The van der Waals surface area contributed by atoms with Crippen molar-refractivity contribution >= 4 is 15.9 Å². The lowest BCUT2D eigenvalue weighted by Gasteiger charge is -2.12. The summed E-state index contributed by atoms with van der Waals surface area (Å²) in [5.74, 6) is 1.73. The quantitative estimate of drug-likeness (QED) is 0.636. The van der Waals surface area contributed by atoms with Gasteiger partial charge in [0, 0.05) is 16.6 Å². The van der Waals surface area contributed by atoms with E-state index < -0.39 is 0 Å². The van der Waals surface area contributed by atoms with E-state index in [1.165, 1.54) is 0 Å². The number of aromatic nitrogens is 2. The minimum Gasteiger partial charge on any atom is -0.491 e. The first-order valence-corrected chi connectivity index (χ1v) is 8.40. The maximum absolute atomic E-state index is 5.86. The molecule has 0 aliphatic carbocycles. The van der Waals surface area contributed by atoms with Gasteiger partial charge in [-0.15, -0.1) is 0 Å². The van der Waals surface area contributed by atoms with Crippen molar-refractivity contribution in [3.8, 4) is 28.6 Å². The lowest BCUT2D eigenvalue weighted by Crippen LogP contribution is -2.19. The van der Waals surface area contributed by atoms with E-state index in [0.717, 1.165) is 27.9 Å². The number of benzene rings is 2. The Morgan fingerprint density at radius 1 is 1.04 bits per heavy atom. The molecule has 0 N–H and O–H groups in total. The van der Waals surface area contributed by atoms with Crippen molar-refractivity contribution < 1.29 is 9.26 Å². The zero-order valence-corrected chi connectivity index (χ0v) is 15.2. The molecule has 1 heterocycles. The fraction of sp³-hybridized carbons (Fsp3) is 0.222. The van der Waals surface area contributed by atoms with E-state index in [2.05, 4.69) is 31.0 Å². The minimum atomic E-state index is 0.446. The van der Waals surface area contributed by atoms with Crippen LogP contribution in [0.15, 0.2) is 57.5 Å². The van der Waals surface area contributed by atoms with E-state index in [-0.39, 0.29) is 0 Å². The van der Waals surface area contributed by atoms with Gasteiger partial charge >= 0.3 is 0 Å². The zero-order valence-electron chi connectivity index (χ0n) is 13.6. The Morgan fingerprint density at radius 2 is 1.75 bits per heavy atom. The molecule has 0 spiro atoms. The Hall–Kier alpha value is -2.18. The molecule has 0 radical (unpaired) electrons. The molecule has 0 unspecified atom stereocenters. The fourth-order valence-corrected chi connectivity index (χ4v) is 2.65. The third kappa shape index (κ3) is 3.83. The monoisotopic (exact) mass is 387 g/mol. The van der Waals surface area contributed by atoms with Crippen LogP contribution in [-0.4, -0.2) is 42.3 Å². The molecule has 124 valence electrons. The van der Waals surface area contributed by atoms with Crippen LogP contribution in [0.1, 0.15) is 0 Å². The van der Waals surface area contributed by atoms with Gasteiger partial charge in [0.05, 0.1) is 5.56 Å². The molecule has 24 heavy (non-hydrogen) atoms. The number of hydrogen-bond acceptors (Lipinski definition) is 5. The maximum Gasteiger partial charge on any atom is 0.262 e. The Balaban J connectivity index is 1.87. The summed E-state index contributed by atoms with van der Waals surface area (Å²) >= 11 is 3.51. The average molecular weight is 388 g/mol. The van der Waals surface area contributed by atoms with Crippen LogP contribution < -0.4 is 4.74 Å². The Labute approximate surface area is 149 Å². The normalized spacial score (nSPS) is 11.0. The first-order chi connectivity index (χ1) is 11.6. The summed E-state index contributed by atoms with van der Waals surface area (Å²) in [4.78, 5) is 6.59. The van der Waals surface area contributed by atoms with Gasteiger partial charge in [0.2, 0.25) is 5.82 Å². The molecule has 1 aromatic heterocycles. The van der Waals surface area contributed by atoms with Crippen molar-refractivity contribution in [1.29, 1.82) is 0 Å². The predicted molar refractivity (Wildman–Crippen MR) is 96.9 cm³/mol. The number of nitrogens with zero attached hydrogens (tertiary/aromatic N) is 3. The predicted octanol–water partition coefficient (Wildman–Crippen LogP) is 4.11. The summed E-state index contributed by atoms with van der Waals surface area (Å²) in [6, 6.07) is 15.5. The molecule has 0 amide bonds. The highest BCUT2D eigenvalue weighted by Gasteiger charge is 2.16. The molecule has 0 saturated heterocycles. The highest BCUT2D eigenvalue weighted by atomic mass is 79.9. The van der Waals surface area contributed by atoms with E-state index in [1.807, 2.05) is 62.6 Å². The number of halogens is 1. The van der Waals surface area contributed by atoms with Crippen LogP contribution in [0.2, 0.25) is 0 Å². The number of ether oxygens (including phenoxy) is 1. The van der Waals surface area contributed by atoms with Crippen molar-refractivity contribution in [2.24, 2.45) is 0 Å². The van der Waals surface area contributed by atoms with Crippen LogP contribution in [-0.2, 0) is 0 Å². The van der Waals surface area contributed by atoms with Gasteiger partial charge in [-0.25, -0.2) is 0 Å². The van der Waals surface area contributed by atoms with Crippen LogP contribution in [0, 0.1) is 0 Å². The summed E-state index contributed by atoms with van der Waals surface area (Å²) in [6.45, 7) is 1.43. The molecule has 5 nitrogen and oxygen atoms in total. The molecule has 2 aromatic carbocycles. The fourth-order valence-electron chi connectivity index (χ4n) is 2.19. The highest BCUT2D eigenvalue weighted by molar-refractivity contribution is 9.10. The van der Waals surface area contributed by atoms with Crippen LogP contribution in [0.5, 0.6) is 5.75 Å². The molecule has 0 fully saturated rings. The molecule has 3 aromatic rings. The summed E-state index contributed by atoms with van der Waals surface area (Å²) in [6.07, 6.45) is 0. The third-order valence-electron chi connectivity index (χ3n) is 3.45. The minimum absolute atomic E-state index is 0.446. The van der Waals surface area contributed by atoms with Crippen LogP contribution in [0.3, 0.4) is 0 Å². The summed E-state index contributed by atoms with van der Waals surface area (Å²) < 4.78 is 12.2. The van der Waals surface area contributed by atoms with Crippen molar-refractivity contribution in [2.45, 2.75) is 0 Å². The number of rotatable bonds is 6. The molecule has 0 atom stereocenters. The van der Waals surface area contributed by atoms with Crippen molar-refractivity contribution in [3.63, 3.8) is 0 Å². The standard InChI is InChI=1S/C18H18BrN3O2/c1-22(2)11-12-23-16-10-6-4-8-14(16)18-20-17(21-24-18)13-7-3-5-9-15(13)19/h3-10H,11-12H2,1-2H3. The van der Waals surface area contributed by atoms with Crippen LogP contribution in [0.4, 0.5) is 0 Å². The Morgan fingerprint density at radius 3 is 2.50 bits per heavy atom. The van der Waals surface area contributed by atoms with E-state index >= 15 is 0 Å². The molecule has 6 heteroatoms. The summed E-state index contributed by atoms with van der Waals surface area (Å²) in [5, 5.41) is 4.09. The first-order valence-electron chi connectivity index (χ1n) is 7.60. The molecular weight excluding hydrogens is 370 g/mol. The van der Waals surface area contributed by atoms with E-state index in [4.69, 9.17) is 9.26 Å². The average Bonchev–Trinajstić information content (AvgIpc) is 3.05. The highest BCUT2D eigenvalue weighted by Crippen LogP contribution is 2.32. The zero-order chi connectivity index (χ0) is 16.9. The lowest BCUT2D eigenvalue weighted by molar-refractivity contribution is 0.261. The van der Waals surface area contributed by atoms with Gasteiger partial charge in [-0.1, -0.05) is 45.4 Å². The second kappa shape index (κ2) is 7.59. The largest absolute Gasteiger partial charge is 0.491 e. The van der Waals surface area contributed by atoms with Crippen LogP contribution >= 0.6 is 15.9 Å². The van der Waals surface area contributed by atoms with Gasteiger partial charge in [-0.05, 0) is 38.4 Å². The van der Waals surface area contributed by atoms with Crippen molar-refractivity contribution in [2.75, 3.05) is 27.2 Å². The van der Waals surface area contributed by atoms with Gasteiger partial charge in [-0.3, -0.25) is 0 Å². The SMILES string of the molecule is CN(C)CCOc1ccccc1-c1nc(-c2ccccc2Br)no1. The van der Waals surface area contributed by atoms with Crippen molar-refractivity contribution in [1.82, 2.24) is 15.0 Å². The lowest BCUT2D eigenvalue weighted by atomic mass is 10.2.